The number of hydrogen-bond donors (Lipinski definition) is 2. The third-order valence-corrected chi connectivity index (χ3v) is 2.94. The Bertz CT molecular complexity index is 429. The van der Waals surface area contributed by atoms with Crippen LogP contribution in [0, 0.1) is 5.92 Å². The summed E-state index contributed by atoms with van der Waals surface area (Å²) in [6.07, 6.45) is -2.23. The number of hydrogen-bond acceptors (Lipinski definition) is 4. The molecule has 2 rings (SSSR count). The van der Waals surface area contributed by atoms with E-state index in [0.29, 0.717) is 5.92 Å². The Morgan fingerprint density at radius 1 is 1.33 bits per heavy atom. The first-order valence-corrected chi connectivity index (χ1v) is 5.80. The molecule has 4 nitrogen and oxygen atoms in total. The zero-order chi connectivity index (χ0) is 13.3. The van der Waals surface area contributed by atoms with E-state index in [1.165, 1.54) is 7.05 Å². The van der Waals surface area contributed by atoms with Gasteiger partial charge in [0.05, 0.1) is 0 Å². The standard InChI is InChI=1S/C11H15F3N4/c1-6(7-3-4-7)16-9-5-8(11(12,13)14)17-10(15-2)18-9/h5-7H,3-4H2,1-2H3,(H2,15,16,17,18). The fourth-order valence-electron chi connectivity index (χ4n) is 1.73. The summed E-state index contributed by atoms with van der Waals surface area (Å²) in [6.45, 7) is 1.95. The Kier molecular flexibility index (Phi) is 3.32. The van der Waals surface area contributed by atoms with E-state index in [4.69, 9.17) is 0 Å². The van der Waals surface area contributed by atoms with Crippen molar-refractivity contribution in [2.75, 3.05) is 17.7 Å². The molecular weight excluding hydrogens is 245 g/mol. The summed E-state index contributed by atoms with van der Waals surface area (Å²) in [7, 11) is 1.49. The topological polar surface area (TPSA) is 49.8 Å². The molecule has 0 radical (unpaired) electrons. The second kappa shape index (κ2) is 4.62. The van der Waals surface area contributed by atoms with Crippen LogP contribution in [0.4, 0.5) is 24.9 Å². The van der Waals surface area contributed by atoms with E-state index in [1.54, 1.807) is 0 Å². The summed E-state index contributed by atoms with van der Waals surface area (Å²) in [5.41, 5.74) is -0.938. The van der Waals surface area contributed by atoms with Gasteiger partial charge in [-0.1, -0.05) is 0 Å². The third kappa shape index (κ3) is 3.02. The number of rotatable bonds is 4. The maximum atomic E-state index is 12.6. The SMILES string of the molecule is CNc1nc(NC(C)C2CC2)cc(C(F)(F)F)n1. The lowest BCUT2D eigenvalue weighted by molar-refractivity contribution is -0.141. The van der Waals surface area contributed by atoms with Crippen molar-refractivity contribution in [2.45, 2.75) is 32.0 Å². The van der Waals surface area contributed by atoms with Crippen LogP contribution >= 0.6 is 0 Å². The molecule has 1 fully saturated rings. The van der Waals surface area contributed by atoms with Crippen LogP contribution in [-0.2, 0) is 6.18 Å². The molecule has 18 heavy (non-hydrogen) atoms. The largest absolute Gasteiger partial charge is 0.433 e. The summed E-state index contributed by atoms with van der Waals surface area (Å²) in [4.78, 5) is 7.39. The molecule has 1 atom stereocenters. The van der Waals surface area contributed by atoms with Crippen molar-refractivity contribution in [3.05, 3.63) is 11.8 Å². The van der Waals surface area contributed by atoms with Gasteiger partial charge in [-0.15, -0.1) is 0 Å². The molecule has 0 saturated heterocycles. The van der Waals surface area contributed by atoms with Crippen LogP contribution in [0.25, 0.3) is 0 Å². The lowest BCUT2D eigenvalue weighted by Gasteiger charge is -2.15. The van der Waals surface area contributed by atoms with E-state index in [9.17, 15) is 13.2 Å². The van der Waals surface area contributed by atoms with Crippen molar-refractivity contribution in [3.8, 4) is 0 Å². The van der Waals surface area contributed by atoms with Gasteiger partial charge in [0.25, 0.3) is 0 Å². The average molecular weight is 260 g/mol. The highest BCUT2D eigenvalue weighted by molar-refractivity contribution is 5.43. The predicted octanol–water partition coefficient (Wildman–Crippen LogP) is 2.75. The Labute approximate surface area is 103 Å². The minimum Gasteiger partial charge on any atom is -0.367 e. The second-order valence-electron chi connectivity index (χ2n) is 4.48. The van der Waals surface area contributed by atoms with Crippen LogP contribution < -0.4 is 10.6 Å². The summed E-state index contributed by atoms with van der Waals surface area (Å²) in [6, 6.07) is 1.07. The van der Waals surface area contributed by atoms with E-state index in [-0.39, 0.29) is 17.8 Å². The second-order valence-corrected chi connectivity index (χ2v) is 4.48. The Morgan fingerprint density at radius 3 is 2.50 bits per heavy atom. The molecule has 7 heteroatoms. The van der Waals surface area contributed by atoms with E-state index in [0.717, 1.165) is 18.9 Å². The smallest absolute Gasteiger partial charge is 0.367 e. The quantitative estimate of drug-likeness (QED) is 0.874. The maximum absolute atomic E-state index is 12.6. The lowest BCUT2D eigenvalue weighted by Crippen LogP contribution is -2.20. The molecule has 0 aromatic carbocycles. The molecule has 1 heterocycles. The summed E-state index contributed by atoms with van der Waals surface area (Å²) < 4.78 is 37.9. The molecule has 1 saturated carbocycles. The summed E-state index contributed by atoms with van der Waals surface area (Å²) in [5, 5.41) is 5.54. The van der Waals surface area contributed by atoms with Crippen LogP contribution in [0.1, 0.15) is 25.5 Å². The molecular formula is C11H15F3N4. The molecule has 1 aliphatic carbocycles. The van der Waals surface area contributed by atoms with Gasteiger partial charge >= 0.3 is 6.18 Å². The van der Waals surface area contributed by atoms with Gasteiger partial charge in [0.2, 0.25) is 5.95 Å². The third-order valence-electron chi connectivity index (χ3n) is 2.94. The highest BCUT2D eigenvalue weighted by Gasteiger charge is 2.34. The number of alkyl halides is 3. The molecule has 1 aliphatic rings. The van der Waals surface area contributed by atoms with Crippen LogP contribution in [0.2, 0.25) is 0 Å². The first kappa shape index (κ1) is 12.9. The first-order chi connectivity index (χ1) is 8.40. The van der Waals surface area contributed by atoms with Crippen molar-refractivity contribution in [3.63, 3.8) is 0 Å². The Hall–Kier alpha value is -1.53. The summed E-state index contributed by atoms with van der Waals surface area (Å²) in [5.74, 6) is 0.712. The Morgan fingerprint density at radius 2 is 2.00 bits per heavy atom. The average Bonchev–Trinajstić information content (AvgIpc) is 3.11. The molecule has 0 spiro atoms. The zero-order valence-corrected chi connectivity index (χ0v) is 10.2. The first-order valence-electron chi connectivity index (χ1n) is 5.80. The lowest BCUT2D eigenvalue weighted by atomic mass is 10.2. The van der Waals surface area contributed by atoms with Gasteiger partial charge in [-0.25, -0.2) is 4.98 Å². The van der Waals surface area contributed by atoms with Gasteiger partial charge in [-0.3, -0.25) is 0 Å². The van der Waals surface area contributed by atoms with Crippen LogP contribution in [0.15, 0.2) is 6.07 Å². The minimum absolute atomic E-state index is 0.0321. The van der Waals surface area contributed by atoms with Crippen LogP contribution in [0.3, 0.4) is 0 Å². The zero-order valence-electron chi connectivity index (χ0n) is 10.2. The van der Waals surface area contributed by atoms with E-state index < -0.39 is 11.9 Å². The van der Waals surface area contributed by atoms with Crippen LogP contribution in [0.5, 0.6) is 0 Å². The van der Waals surface area contributed by atoms with E-state index >= 15 is 0 Å². The number of halogens is 3. The van der Waals surface area contributed by atoms with Crippen LogP contribution in [-0.4, -0.2) is 23.1 Å². The fraction of sp³-hybridized carbons (Fsp3) is 0.636. The van der Waals surface area contributed by atoms with Crippen molar-refractivity contribution in [2.24, 2.45) is 5.92 Å². The van der Waals surface area contributed by atoms with Gasteiger partial charge in [0, 0.05) is 19.2 Å². The van der Waals surface area contributed by atoms with Gasteiger partial charge in [-0.05, 0) is 25.7 Å². The number of nitrogens with zero attached hydrogens (tertiary/aromatic N) is 2. The highest BCUT2D eigenvalue weighted by Crippen LogP contribution is 2.34. The van der Waals surface area contributed by atoms with Gasteiger partial charge in [0.1, 0.15) is 5.82 Å². The Balaban J connectivity index is 2.22. The van der Waals surface area contributed by atoms with E-state index in [1.807, 2.05) is 6.92 Å². The molecule has 0 aliphatic heterocycles. The molecule has 1 aromatic rings. The molecule has 1 unspecified atom stereocenters. The highest BCUT2D eigenvalue weighted by atomic mass is 19.4. The van der Waals surface area contributed by atoms with Crippen molar-refractivity contribution in [1.29, 1.82) is 0 Å². The number of anilines is 2. The molecule has 0 bridgehead atoms. The van der Waals surface area contributed by atoms with Gasteiger partial charge < -0.3 is 10.6 Å². The van der Waals surface area contributed by atoms with Crippen molar-refractivity contribution < 1.29 is 13.2 Å². The maximum Gasteiger partial charge on any atom is 0.433 e. The van der Waals surface area contributed by atoms with Gasteiger partial charge in [0.15, 0.2) is 5.69 Å². The summed E-state index contributed by atoms with van der Waals surface area (Å²) >= 11 is 0. The minimum atomic E-state index is -4.46. The molecule has 0 amide bonds. The molecule has 100 valence electrons. The van der Waals surface area contributed by atoms with Gasteiger partial charge in [-0.2, -0.15) is 18.2 Å². The number of aromatic nitrogens is 2. The number of nitrogens with one attached hydrogen (secondary N) is 2. The van der Waals surface area contributed by atoms with Crippen molar-refractivity contribution in [1.82, 2.24) is 9.97 Å². The molecule has 1 aromatic heterocycles. The monoisotopic (exact) mass is 260 g/mol. The fourth-order valence-corrected chi connectivity index (χ4v) is 1.73. The predicted molar refractivity (Wildman–Crippen MR) is 62.4 cm³/mol. The normalized spacial score (nSPS) is 17.4. The van der Waals surface area contributed by atoms with Crippen molar-refractivity contribution >= 4 is 11.8 Å². The van der Waals surface area contributed by atoms with E-state index in [2.05, 4.69) is 20.6 Å². The molecule has 2 N–H and O–H groups in total.